The average molecular weight is 190 g/mol. The summed E-state index contributed by atoms with van der Waals surface area (Å²) in [4.78, 5) is 0. The van der Waals surface area contributed by atoms with Gasteiger partial charge in [0.05, 0.1) is 13.9 Å². The van der Waals surface area contributed by atoms with Crippen LogP contribution in [0.25, 0.3) is 0 Å². The van der Waals surface area contributed by atoms with Crippen molar-refractivity contribution in [3.63, 3.8) is 0 Å². The fourth-order valence-electron chi connectivity index (χ4n) is 0.174. The van der Waals surface area contributed by atoms with Crippen molar-refractivity contribution in [1.29, 1.82) is 0 Å². The fourth-order valence-corrected chi connectivity index (χ4v) is 0.174. The van der Waals surface area contributed by atoms with Gasteiger partial charge in [0.25, 0.3) is 0 Å². The zero-order valence-corrected chi connectivity index (χ0v) is 7.78. The molecule has 5 heteroatoms. The molecule has 0 heterocycles. The summed E-state index contributed by atoms with van der Waals surface area (Å²) in [6.07, 6.45) is 0. The summed E-state index contributed by atoms with van der Waals surface area (Å²) in [5, 5.41) is 0. The average Bonchev–Trinajstić information content (AvgIpc) is 2.11. The molecule has 0 radical (unpaired) electrons. The fraction of sp³-hybridized carbons (Fsp3) is 1.00. The van der Waals surface area contributed by atoms with E-state index >= 15 is 0 Å². The number of ether oxygens (including phenoxy) is 2. The van der Waals surface area contributed by atoms with Crippen LogP contribution in [0.15, 0.2) is 0 Å². The Hall–Kier alpha value is -0.290. The molecule has 0 amide bonds. The van der Waals surface area contributed by atoms with E-state index in [1.165, 1.54) is 6.92 Å². The van der Waals surface area contributed by atoms with E-state index in [4.69, 9.17) is 0 Å². The molecule has 12 heavy (non-hydrogen) atoms. The van der Waals surface area contributed by atoms with Gasteiger partial charge < -0.3 is 9.47 Å². The summed E-state index contributed by atoms with van der Waals surface area (Å²) in [5.41, 5.74) is 0. The zero-order valence-electron chi connectivity index (χ0n) is 7.78. The number of alkyl halides is 3. The van der Waals surface area contributed by atoms with Crippen molar-refractivity contribution in [2.75, 3.05) is 34.1 Å². The molecular weight excluding hydrogens is 173 g/mol. The van der Waals surface area contributed by atoms with Gasteiger partial charge in [0, 0.05) is 6.61 Å². The maximum absolute atomic E-state index is 11.0. The van der Waals surface area contributed by atoms with Crippen molar-refractivity contribution >= 4 is 0 Å². The van der Waals surface area contributed by atoms with Gasteiger partial charge >= 0.3 is 0 Å². The van der Waals surface area contributed by atoms with Gasteiger partial charge in [-0.05, 0) is 13.8 Å². The van der Waals surface area contributed by atoms with Crippen molar-refractivity contribution in [3.8, 4) is 0 Å². The maximum atomic E-state index is 11.0. The first-order valence-electron chi connectivity index (χ1n) is 3.48. The van der Waals surface area contributed by atoms with Crippen molar-refractivity contribution < 1.29 is 22.6 Å². The molecule has 0 N–H and O–H groups in total. The van der Waals surface area contributed by atoms with Crippen molar-refractivity contribution in [1.82, 2.24) is 0 Å². The van der Waals surface area contributed by atoms with E-state index < -0.39 is 6.86 Å². The van der Waals surface area contributed by atoms with Crippen LogP contribution in [-0.4, -0.2) is 34.1 Å². The van der Waals surface area contributed by atoms with Crippen LogP contribution in [0.5, 0.6) is 0 Å². The highest BCUT2D eigenvalue weighted by molar-refractivity contribution is 4.03. The number of rotatable bonds is 4. The highest BCUT2D eigenvalue weighted by Crippen LogP contribution is 1.75. The monoisotopic (exact) mass is 190 g/mol. The van der Waals surface area contributed by atoms with E-state index in [0.29, 0.717) is 13.8 Å². The first-order chi connectivity index (χ1) is 5.83. The maximum Gasteiger partial charge on any atom is 0.191 e. The molecule has 0 aliphatic carbocycles. The Morgan fingerprint density at radius 3 is 1.67 bits per heavy atom. The van der Waals surface area contributed by atoms with Gasteiger partial charge in [-0.2, -0.15) is 0 Å². The van der Waals surface area contributed by atoms with Crippen molar-refractivity contribution in [3.05, 3.63) is 0 Å². The molecule has 0 bridgehead atoms. The second kappa shape index (κ2) is 31.0. The highest BCUT2D eigenvalue weighted by Gasteiger charge is 1.78. The second-order valence-corrected chi connectivity index (χ2v) is 1.19. The lowest BCUT2D eigenvalue weighted by Gasteiger charge is -1.95. The van der Waals surface area contributed by atoms with Gasteiger partial charge in [-0.1, -0.05) is 0 Å². The number of halogens is 3. The third-order valence-electron chi connectivity index (χ3n) is 0.448. The Morgan fingerprint density at radius 1 is 1.00 bits per heavy atom. The molecule has 0 aliphatic heterocycles. The molecule has 0 aliphatic rings. The first-order valence-corrected chi connectivity index (χ1v) is 3.48. The molecule has 0 unspecified atom stereocenters. The third-order valence-corrected chi connectivity index (χ3v) is 0.448. The molecule has 78 valence electrons. The lowest BCUT2D eigenvalue weighted by atomic mass is 10.9. The standard InChI is InChI=1S/C4H9FO2.C2H5F.CH3F/c1-2-6-4-7-3-5;1-2-3;1-2/h2-4H2,1H3;2H2,1H3;1H3. The summed E-state index contributed by atoms with van der Waals surface area (Å²) in [5.74, 6) is 0. The first kappa shape index (κ1) is 17.7. The lowest BCUT2D eigenvalue weighted by Crippen LogP contribution is -1.96. The van der Waals surface area contributed by atoms with E-state index in [-0.39, 0.29) is 13.5 Å². The lowest BCUT2D eigenvalue weighted by molar-refractivity contribution is -0.0788. The highest BCUT2D eigenvalue weighted by atomic mass is 19.1. The van der Waals surface area contributed by atoms with E-state index in [9.17, 15) is 13.2 Å². The molecule has 0 aromatic carbocycles. The van der Waals surface area contributed by atoms with Gasteiger partial charge in [0.2, 0.25) is 0 Å². The van der Waals surface area contributed by atoms with Crippen LogP contribution in [0.3, 0.4) is 0 Å². The number of hydrogen-bond donors (Lipinski definition) is 0. The molecule has 2 nitrogen and oxygen atoms in total. The molecule has 0 saturated carbocycles. The normalized spacial score (nSPS) is 7.50. The van der Waals surface area contributed by atoms with Crippen LogP contribution in [0.4, 0.5) is 13.2 Å². The molecule has 0 aromatic rings. The smallest absolute Gasteiger partial charge is 0.191 e. The molecule has 0 rings (SSSR count). The largest absolute Gasteiger partial charge is 0.356 e. The zero-order chi connectivity index (χ0) is 10.2. The summed E-state index contributed by atoms with van der Waals surface area (Å²) < 4.78 is 39.6. The summed E-state index contributed by atoms with van der Waals surface area (Å²) in [7, 11) is 0.500. The third kappa shape index (κ3) is 53.5. The Balaban J connectivity index is -0.000000137. The molecule has 0 fully saturated rings. The van der Waals surface area contributed by atoms with Crippen LogP contribution in [0, 0.1) is 0 Å². The van der Waals surface area contributed by atoms with Gasteiger partial charge in [0.1, 0.15) is 6.79 Å². The molecular formula is C7H17F3O2. The molecule has 0 spiro atoms. The van der Waals surface area contributed by atoms with E-state index in [1.54, 1.807) is 0 Å². The quantitative estimate of drug-likeness (QED) is 0.501. The minimum atomic E-state index is -0.764. The van der Waals surface area contributed by atoms with E-state index in [0.717, 1.165) is 0 Å². The minimum Gasteiger partial charge on any atom is -0.356 e. The SMILES string of the molecule is CCF.CCOCOCF.CF. The molecule has 0 aromatic heterocycles. The molecule has 0 atom stereocenters. The minimum absolute atomic E-state index is 0.0625. The van der Waals surface area contributed by atoms with Crippen LogP contribution in [-0.2, 0) is 9.47 Å². The van der Waals surface area contributed by atoms with E-state index in [1.807, 2.05) is 6.92 Å². The summed E-state index contributed by atoms with van der Waals surface area (Å²) >= 11 is 0. The Morgan fingerprint density at radius 2 is 1.42 bits per heavy atom. The van der Waals surface area contributed by atoms with Gasteiger partial charge in [-0.15, -0.1) is 0 Å². The molecule has 0 saturated heterocycles. The Labute approximate surface area is 71.7 Å². The van der Waals surface area contributed by atoms with Crippen LogP contribution < -0.4 is 0 Å². The van der Waals surface area contributed by atoms with Crippen LogP contribution >= 0.6 is 0 Å². The Bertz CT molecular complexity index is 43.6. The summed E-state index contributed by atoms with van der Waals surface area (Å²) in [6, 6.07) is 0. The van der Waals surface area contributed by atoms with Crippen LogP contribution in [0.1, 0.15) is 13.8 Å². The predicted molar refractivity (Wildman–Crippen MR) is 42.2 cm³/mol. The van der Waals surface area contributed by atoms with Gasteiger partial charge in [-0.3, -0.25) is 8.78 Å². The summed E-state index contributed by atoms with van der Waals surface area (Å²) in [6.45, 7) is 2.90. The predicted octanol–water partition coefficient (Wildman–Crippen LogP) is 2.49. The van der Waals surface area contributed by atoms with Crippen LogP contribution in [0.2, 0.25) is 0 Å². The topological polar surface area (TPSA) is 18.5 Å². The number of hydrogen-bond acceptors (Lipinski definition) is 2. The second-order valence-electron chi connectivity index (χ2n) is 1.19. The van der Waals surface area contributed by atoms with Gasteiger partial charge in [-0.25, -0.2) is 4.39 Å². The van der Waals surface area contributed by atoms with E-state index in [2.05, 4.69) is 9.47 Å². The Kier molecular flexibility index (Phi) is 45.7. The van der Waals surface area contributed by atoms with Crippen molar-refractivity contribution in [2.24, 2.45) is 0 Å². The van der Waals surface area contributed by atoms with Gasteiger partial charge in [0.15, 0.2) is 6.86 Å². The van der Waals surface area contributed by atoms with Crippen molar-refractivity contribution in [2.45, 2.75) is 13.8 Å².